The minimum atomic E-state index is -2.85. The maximum atomic E-state index is 12.3. The number of hydrogen-bond donors (Lipinski definition) is 1. The van der Waals surface area contributed by atoms with E-state index in [1.165, 1.54) is 11.6 Å². The van der Waals surface area contributed by atoms with E-state index in [1.807, 2.05) is 13.8 Å². The van der Waals surface area contributed by atoms with Gasteiger partial charge in [-0.15, -0.1) is 0 Å². The molecule has 0 atom stereocenters. The molecule has 0 radical (unpaired) electrons. The SMILES string of the molecule is CCOc1cc(CNCC=C(C)C)ccc1OC(F)F. The number of allylic oxidation sites excluding steroid dienone is 1. The Balaban J connectivity index is 2.69. The zero-order valence-electron chi connectivity index (χ0n) is 12.1. The van der Waals surface area contributed by atoms with Gasteiger partial charge in [-0.25, -0.2) is 0 Å². The van der Waals surface area contributed by atoms with Gasteiger partial charge in [-0.1, -0.05) is 17.7 Å². The Hall–Kier alpha value is -1.62. The number of halogens is 2. The smallest absolute Gasteiger partial charge is 0.387 e. The summed E-state index contributed by atoms with van der Waals surface area (Å²) >= 11 is 0. The van der Waals surface area contributed by atoms with E-state index >= 15 is 0 Å². The van der Waals surface area contributed by atoms with Gasteiger partial charge in [0.15, 0.2) is 11.5 Å². The summed E-state index contributed by atoms with van der Waals surface area (Å²) in [5.74, 6) is 0.407. The summed E-state index contributed by atoms with van der Waals surface area (Å²) in [6, 6.07) is 4.97. The minimum absolute atomic E-state index is 0.0647. The molecule has 0 saturated carbocycles. The summed E-state index contributed by atoms with van der Waals surface area (Å²) in [5, 5.41) is 3.24. The highest BCUT2D eigenvalue weighted by atomic mass is 19.3. The number of benzene rings is 1. The zero-order valence-corrected chi connectivity index (χ0v) is 12.1. The van der Waals surface area contributed by atoms with E-state index in [4.69, 9.17) is 4.74 Å². The molecule has 1 N–H and O–H groups in total. The topological polar surface area (TPSA) is 30.5 Å². The van der Waals surface area contributed by atoms with Crippen LogP contribution in [0.5, 0.6) is 11.5 Å². The van der Waals surface area contributed by atoms with Crippen molar-refractivity contribution in [1.82, 2.24) is 5.32 Å². The monoisotopic (exact) mass is 285 g/mol. The number of ether oxygens (including phenoxy) is 2. The van der Waals surface area contributed by atoms with Crippen LogP contribution in [0.2, 0.25) is 0 Å². The lowest BCUT2D eigenvalue weighted by atomic mass is 10.2. The van der Waals surface area contributed by atoms with Crippen LogP contribution in [0.3, 0.4) is 0 Å². The molecule has 3 nitrogen and oxygen atoms in total. The van der Waals surface area contributed by atoms with Crippen molar-refractivity contribution < 1.29 is 18.3 Å². The molecule has 112 valence electrons. The quantitative estimate of drug-likeness (QED) is 0.583. The van der Waals surface area contributed by atoms with Crippen LogP contribution in [0, 0.1) is 0 Å². The normalized spacial score (nSPS) is 10.5. The summed E-state index contributed by atoms with van der Waals surface area (Å²) in [7, 11) is 0. The second-order valence-corrected chi connectivity index (χ2v) is 4.50. The molecule has 1 aromatic rings. The molecule has 5 heteroatoms. The molecule has 0 aliphatic carbocycles. The van der Waals surface area contributed by atoms with Crippen molar-refractivity contribution in [1.29, 1.82) is 0 Å². The molecule has 1 rings (SSSR count). The van der Waals surface area contributed by atoms with Gasteiger partial charge in [0, 0.05) is 13.1 Å². The molecule has 0 aromatic heterocycles. The first-order chi connectivity index (χ1) is 9.52. The average molecular weight is 285 g/mol. The fourth-order valence-corrected chi connectivity index (χ4v) is 1.62. The largest absolute Gasteiger partial charge is 0.490 e. The molecule has 0 aliphatic rings. The van der Waals surface area contributed by atoms with Crippen LogP contribution >= 0.6 is 0 Å². The average Bonchev–Trinajstić information content (AvgIpc) is 2.37. The van der Waals surface area contributed by atoms with Gasteiger partial charge in [-0.3, -0.25) is 0 Å². The standard InChI is InChI=1S/C15H21F2NO2/c1-4-19-14-9-12(10-18-8-7-11(2)3)5-6-13(14)20-15(16)17/h5-7,9,15,18H,4,8,10H2,1-3H3. The van der Waals surface area contributed by atoms with E-state index in [-0.39, 0.29) is 5.75 Å². The lowest BCUT2D eigenvalue weighted by molar-refractivity contribution is -0.0514. The molecule has 0 spiro atoms. The van der Waals surface area contributed by atoms with Gasteiger partial charge in [0.25, 0.3) is 0 Å². The molecule has 0 unspecified atom stereocenters. The Kier molecular flexibility index (Phi) is 7.01. The van der Waals surface area contributed by atoms with Crippen LogP contribution in [0.4, 0.5) is 8.78 Å². The highest BCUT2D eigenvalue weighted by molar-refractivity contribution is 5.43. The Bertz CT molecular complexity index is 443. The van der Waals surface area contributed by atoms with Crippen LogP contribution in [-0.2, 0) is 6.54 Å². The summed E-state index contributed by atoms with van der Waals surface area (Å²) < 4.78 is 34.3. The Morgan fingerprint density at radius 3 is 2.65 bits per heavy atom. The molecule has 0 amide bonds. The number of nitrogens with one attached hydrogen (secondary N) is 1. The minimum Gasteiger partial charge on any atom is -0.490 e. The molecular formula is C15H21F2NO2. The van der Waals surface area contributed by atoms with Crippen molar-refractivity contribution in [3.8, 4) is 11.5 Å². The lowest BCUT2D eigenvalue weighted by Crippen LogP contribution is -2.13. The first kappa shape index (κ1) is 16.4. The van der Waals surface area contributed by atoms with E-state index in [9.17, 15) is 8.78 Å². The molecule has 0 heterocycles. The van der Waals surface area contributed by atoms with Gasteiger partial charge in [0.2, 0.25) is 0 Å². The Morgan fingerprint density at radius 1 is 1.30 bits per heavy atom. The maximum Gasteiger partial charge on any atom is 0.387 e. The predicted molar refractivity (Wildman–Crippen MR) is 75.4 cm³/mol. The lowest BCUT2D eigenvalue weighted by Gasteiger charge is -2.13. The summed E-state index contributed by atoms with van der Waals surface area (Å²) in [6.45, 7) is 4.81. The van der Waals surface area contributed by atoms with Gasteiger partial charge in [-0.05, 0) is 38.5 Å². The zero-order chi connectivity index (χ0) is 15.0. The van der Waals surface area contributed by atoms with E-state index < -0.39 is 6.61 Å². The van der Waals surface area contributed by atoms with Gasteiger partial charge >= 0.3 is 6.61 Å². The molecule has 20 heavy (non-hydrogen) atoms. The predicted octanol–water partition coefficient (Wildman–Crippen LogP) is 3.74. The molecule has 0 aliphatic heterocycles. The van der Waals surface area contributed by atoms with E-state index in [2.05, 4.69) is 16.1 Å². The number of alkyl halides is 2. The van der Waals surface area contributed by atoms with Gasteiger partial charge in [0.05, 0.1) is 6.61 Å². The summed E-state index contributed by atoms with van der Waals surface area (Å²) in [4.78, 5) is 0. The van der Waals surface area contributed by atoms with E-state index in [1.54, 1.807) is 19.1 Å². The fraction of sp³-hybridized carbons (Fsp3) is 0.467. The molecular weight excluding hydrogens is 264 g/mol. The van der Waals surface area contributed by atoms with Crippen molar-refractivity contribution in [3.63, 3.8) is 0 Å². The maximum absolute atomic E-state index is 12.3. The third-order valence-electron chi connectivity index (χ3n) is 2.51. The van der Waals surface area contributed by atoms with Crippen LogP contribution in [0.25, 0.3) is 0 Å². The molecule has 0 saturated heterocycles. The van der Waals surface area contributed by atoms with Crippen molar-refractivity contribution in [2.75, 3.05) is 13.2 Å². The van der Waals surface area contributed by atoms with Gasteiger partial charge in [0.1, 0.15) is 0 Å². The van der Waals surface area contributed by atoms with Crippen LogP contribution < -0.4 is 14.8 Å². The van der Waals surface area contributed by atoms with E-state index in [0.29, 0.717) is 18.9 Å². The third kappa shape index (κ3) is 6.02. The fourth-order valence-electron chi connectivity index (χ4n) is 1.62. The second-order valence-electron chi connectivity index (χ2n) is 4.50. The summed E-state index contributed by atoms with van der Waals surface area (Å²) in [6.07, 6.45) is 2.08. The van der Waals surface area contributed by atoms with Gasteiger partial charge < -0.3 is 14.8 Å². The Labute approximate surface area is 118 Å². The second kappa shape index (κ2) is 8.53. The van der Waals surface area contributed by atoms with E-state index in [0.717, 1.165) is 12.1 Å². The molecule has 0 bridgehead atoms. The van der Waals surface area contributed by atoms with Crippen molar-refractivity contribution >= 4 is 0 Å². The van der Waals surface area contributed by atoms with Crippen LogP contribution in [0.15, 0.2) is 29.8 Å². The highest BCUT2D eigenvalue weighted by Crippen LogP contribution is 2.29. The first-order valence-corrected chi connectivity index (χ1v) is 6.57. The molecule has 1 aromatic carbocycles. The van der Waals surface area contributed by atoms with Crippen molar-refractivity contribution in [2.24, 2.45) is 0 Å². The summed E-state index contributed by atoms with van der Waals surface area (Å²) in [5.41, 5.74) is 2.20. The third-order valence-corrected chi connectivity index (χ3v) is 2.51. The number of hydrogen-bond acceptors (Lipinski definition) is 3. The number of rotatable bonds is 8. The van der Waals surface area contributed by atoms with Crippen molar-refractivity contribution in [2.45, 2.75) is 33.9 Å². The highest BCUT2D eigenvalue weighted by Gasteiger charge is 2.11. The van der Waals surface area contributed by atoms with Crippen molar-refractivity contribution in [3.05, 3.63) is 35.4 Å². The Morgan fingerprint density at radius 2 is 2.05 bits per heavy atom. The van der Waals surface area contributed by atoms with Gasteiger partial charge in [-0.2, -0.15) is 8.78 Å². The van der Waals surface area contributed by atoms with Crippen LogP contribution in [-0.4, -0.2) is 19.8 Å². The van der Waals surface area contributed by atoms with Crippen LogP contribution in [0.1, 0.15) is 26.3 Å². The first-order valence-electron chi connectivity index (χ1n) is 6.57. The molecule has 0 fully saturated rings.